The van der Waals surface area contributed by atoms with Crippen molar-refractivity contribution in [2.24, 2.45) is 0 Å². The van der Waals surface area contributed by atoms with E-state index in [9.17, 15) is 5.11 Å². The van der Waals surface area contributed by atoms with Crippen LogP contribution in [-0.2, 0) is 0 Å². The number of ether oxygens (including phenoxy) is 1. The lowest BCUT2D eigenvalue weighted by Crippen LogP contribution is -2.34. The van der Waals surface area contributed by atoms with Crippen molar-refractivity contribution in [2.45, 2.75) is 24.2 Å². The second-order valence-electron chi connectivity index (χ2n) is 4.90. The minimum Gasteiger partial charge on any atom is -0.491 e. The number of benzene rings is 1. The van der Waals surface area contributed by atoms with E-state index in [4.69, 9.17) is 10.00 Å². The highest BCUT2D eigenvalue weighted by atomic mass is 32.2. The third kappa shape index (κ3) is 5.04. The quantitative estimate of drug-likeness (QED) is 0.802. The zero-order chi connectivity index (χ0) is 14.2. The summed E-state index contributed by atoms with van der Waals surface area (Å²) in [5, 5.41) is 22.6. The Balaban J connectivity index is 1.64. The number of hydrogen-bond donors (Lipinski definition) is 2. The van der Waals surface area contributed by atoms with Gasteiger partial charge in [0.25, 0.3) is 0 Å². The van der Waals surface area contributed by atoms with Gasteiger partial charge in [0.1, 0.15) is 18.5 Å². The molecule has 20 heavy (non-hydrogen) atoms. The summed E-state index contributed by atoms with van der Waals surface area (Å²) in [6.45, 7) is 1.72. The molecule has 5 heteroatoms. The highest BCUT2D eigenvalue weighted by Gasteiger charge is 2.15. The van der Waals surface area contributed by atoms with E-state index in [2.05, 4.69) is 11.4 Å². The molecule has 108 valence electrons. The maximum atomic E-state index is 9.85. The van der Waals surface area contributed by atoms with Crippen molar-refractivity contribution in [1.29, 1.82) is 5.26 Å². The number of rotatable bonds is 7. The average Bonchev–Trinajstić information content (AvgIpc) is 2.98. The van der Waals surface area contributed by atoms with Gasteiger partial charge in [-0.1, -0.05) is 6.07 Å². The van der Waals surface area contributed by atoms with Crippen LogP contribution in [0.15, 0.2) is 24.3 Å². The Labute approximate surface area is 124 Å². The molecule has 1 fully saturated rings. The van der Waals surface area contributed by atoms with Gasteiger partial charge in [-0.15, -0.1) is 0 Å². The summed E-state index contributed by atoms with van der Waals surface area (Å²) in [7, 11) is 0. The van der Waals surface area contributed by atoms with E-state index in [1.54, 1.807) is 24.3 Å². The number of nitrogens with zero attached hydrogens (tertiary/aromatic N) is 1. The predicted octanol–water partition coefficient (Wildman–Crippen LogP) is 1.78. The van der Waals surface area contributed by atoms with E-state index in [-0.39, 0.29) is 6.61 Å². The molecule has 0 amide bonds. The second kappa shape index (κ2) is 8.15. The van der Waals surface area contributed by atoms with Crippen LogP contribution in [0, 0.1) is 11.3 Å². The molecule has 4 nitrogen and oxygen atoms in total. The third-order valence-electron chi connectivity index (χ3n) is 3.18. The fourth-order valence-corrected chi connectivity index (χ4v) is 3.36. The summed E-state index contributed by atoms with van der Waals surface area (Å²) >= 11 is 2.00. The molecular formula is C15H20N2O2S. The molecule has 0 saturated carbocycles. The molecule has 2 rings (SSSR count). The fraction of sp³-hybridized carbons (Fsp3) is 0.533. The molecule has 1 aliphatic heterocycles. The van der Waals surface area contributed by atoms with Crippen molar-refractivity contribution in [3.8, 4) is 11.8 Å². The first-order chi connectivity index (χ1) is 9.78. The molecule has 0 aromatic heterocycles. The Morgan fingerprint density at radius 3 is 3.20 bits per heavy atom. The number of aliphatic hydroxyl groups is 1. The first-order valence-corrected chi connectivity index (χ1v) is 7.96. The number of hydrogen-bond acceptors (Lipinski definition) is 5. The highest BCUT2D eigenvalue weighted by Crippen LogP contribution is 2.25. The van der Waals surface area contributed by atoms with Gasteiger partial charge in [-0.05, 0) is 36.8 Å². The standard InChI is InChI=1S/C15H20N2O2S/c16-8-12-3-1-4-14(7-12)19-11-13(18)9-17-10-15-5-2-6-20-15/h1,3-4,7,13,15,17-18H,2,5-6,9-11H2. The number of nitrogens with one attached hydrogen (secondary N) is 1. The van der Waals surface area contributed by atoms with E-state index < -0.39 is 6.10 Å². The normalized spacial score (nSPS) is 19.5. The molecule has 2 unspecified atom stereocenters. The van der Waals surface area contributed by atoms with Gasteiger partial charge in [0.2, 0.25) is 0 Å². The van der Waals surface area contributed by atoms with Crippen LogP contribution in [0.25, 0.3) is 0 Å². The molecule has 0 aliphatic carbocycles. The van der Waals surface area contributed by atoms with Crippen LogP contribution in [-0.4, -0.2) is 41.9 Å². The SMILES string of the molecule is N#Cc1cccc(OCC(O)CNCC2CCCS2)c1. The number of aliphatic hydroxyl groups excluding tert-OH is 1. The zero-order valence-electron chi connectivity index (χ0n) is 11.4. The zero-order valence-corrected chi connectivity index (χ0v) is 12.2. The van der Waals surface area contributed by atoms with Crippen molar-refractivity contribution in [3.63, 3.8) is 0 Å². The molecular weight excluding hydrogens is 272 g/mol. The number of nitriles is 1. The van der Waals surface area contributed by atoms with Crippen LogP contribution in [0.5, 0.6) is 5.75 Å². The summed E-state index contributed by atoms with van der Waals surface area (Å²) < 4.78 is 5.49. The van der Waals surface area contributed by atoms with Gasteiger partial charge in [0, 0.05) is 18.3 Å². The fourth-order valence-electron chi connectivity index (χ4n) is 2.12. The summed E-state index contributed by atoms with van der Waals surface area (Å²) in [6.07, 6.45) is 2.04. The molecule has 1 aromatic carbocycles. The first-order valence-electron chi connectivity index (χ1n) is 6.91. The molecule has 2 N–H and O–H groups in total. The molecule has 1 aliphatic rings. The van der Waals surface area contributed by atoms with Crippen LogP contribution >= 0.6 is 11.8 Å². The van der Waals surface area contributed by atoms with Crippen LogP contribution < -0.4 is 10.1 Å². The van der Waals surface area contributed by atoms with E-state index >= 15 is 0 Å². The Hall–Kier alpha value is -1.22. The maximum Gasteiger partial charge on any atom is 0.120 e. The molecule has 0 spiro atoms. The first kappa shape index (κ1) is 15.2. The van der Waals surface area contributed by atoms with E-state index in [0.717, 1.165) is 6.54 Å². The monoisotopic (exact) mass is 292 g/mol. The highest BCUT2D eigenvalue weighted by molar-refractivity contribution is 8.00. The minimum absolute atomic E-state index is 0.236. The molecule has 0 bridgehead atoms. The largest absolute Gasteiger partial charge is 0.491 e. The Kier molecular flexibility index (Phi) is 6.19. The van der Waals surface area contributed by atoms with Crippen LogP contribution in [0.2, 0.25) is 0 Å². The Morgan fingerprint density at radius 1 is 1.55 bits per heavy atom. The molecule has 0 radical (unpaired) electrons. The van der Waals surface area contributed by atoms with E-state index in [0.29, 0.717) is 23.1 Å². The average molecular weight is 292 g/mol. The second-order valence-corrected chi connectivity index (χ2v) is 6.31. The maximum absolute atomic E-state index is 9.85. The molecule has 1 heterocycles. The van der Waals surface area contributed by atoms with Crippen molar-refractivity contribution in [3.05, 3.63) is 29.8 Å². The van der Waals surface area contributed by atoms with Crippen molar-refractivity contribution in [1.82, 2.24) is 5.32 Å². The van der Waals surface area contributed by atoms with Crippen LogP contribution in [0.1, 0.15) is 18.4 Å². The molecule has 1 saturated heterocycles. The van der Waals surface area contributed by atoms with E-state index in [1.807, 2.05) is 11.8 Å². The third-order valence-corrected chi connectivity index (χ3v) is 4.58. The summed E-state index contributed by atoms with van der Waals surface area (Å²) in [6, 6.07) is 9.03. The van der Waals surface area contributed by atoms with Gasteiger partial charge >= 0.3 is 0 Å². The van der Waals surface area contributed by atoms with Crippen molar-refractivity contribution < 1.29 is 9.84 Å². The van der Waals surface area contributed by atoms with Gasteiger partial charge in [-0.25, -0.2) is 0 Å². The summed E-state index contributed by atoms with van der Waals surface area (Å²) in [4.78, 5) is 0. The topological polar surface area (TPSA) is 65.3 Å². The minimum atomic E-state index is -0.535. The number of thioether (sulfide) groups is 1. The van der Waals surface area contributed by atoms with Gasteiger partial charge in [-0.2, -0.15) is 17.0 Å². The lowest BCUT2D eigenvalue weighted by Gasteiger charge is -2.15. The Morgan fingerprint density at radius 2 is 2.45 bits per heavy atom. The van der Waals surface area contributed by atoms with Gasteiger partial charge in [0.05, 0.1) is 11.6 Å². The van der Waals surface area contributed by atoms with Gasteiger partial charge < -0.3 is 15.2 Å². The molecule has 2 atom stereocenters. The summed E-state index contributed by atoms with van der Waals surface area (Å²) in [5.74, 6) is 1.88. The summed E-state index contributed by atoms with van der Waals surface area (Å²) in [5.41, 5.74) is 0.563. The van der Waals surface area contributed by atoms with E-state index in [1.165, 1.54) is 18.6 Å². The predicted molar refractivity (Wildman–Crippen MR) is 81.0 cm³/mol. The lowest BCUT2D eigenvalue weighted by atomic mass is 10.2. The van der Waals surface area contributed by atoms with Crippen LogP contribution in [0.3, 0.4) is 0 Å². The smallest absolute Gasteiger partial charge is 0.120 e. The van der Waals surface area contributed by atoms with Crippen molar-refractivity contribution in [2.75, 3.05) is 25.4 Å². The van der Waals surface area contributed by atoms with Crippen LogP contribution in [0.4, 0.5) is 0 Å². The van der Waals surface area contributed by atoms with Gasteiger partial charge in [-0.3, -0.25) is 0 Å². The Bertz CT molecular complexity index is 455. The lowest BCUT2D eigenvalue weighted by molar-refractivity contribution is 0.106. The molecule has 1 aromatic rings. The van der Waals surface area contributed by atoms with Gasteiger partial charge in [0.15, 0.2) is 0 Å². The van der Waals surface area contributed by atoms with Crippen molar-refractivity contribution >= 4 is 11.8 Å².